The van der Waals surface area contributed by atoms with Crippen molar-refractivity contribution >= 4 is 31.0 Å². The minimum atomic E-state index is -5.49. The fourth-order valence-corrected chi connectivity index (χ4v) is 8.14. The number of furan rings is 1. The summed E-state index contributed by atoms with van der Waals surface area (Å²) in [4.78, 5) is 2.41. The van der Waals surface area contributed by atoms with Crippen molar-refractivity contribution in [1.82, 2.24) is 13.5 Å². The van der Waals surface area contributed by atoms with Crippen molar-refractivity contribution in [2.45, 2.75) is 42.6 Å². The number of halogens is 3. The number of benzene rings is 2. The van der Waals surface area contributed by atoms with E-state index in [-0.39, 0.29) is 22.8 Å². The Kier molecular flexibility index (Phi) is 8.05. The molecule has 218 valence electrons. The van der Waals surface area contributed by atoms with Crippen LogP contribution in [-0.2, 0) is 39.4 Å². The van der Waals surface area contributed by atoms with Crippen LogP contribution >= 0.6 is 0 Å². The minimum absolute atomic E-state index is 0.0290. The van der Waals surface area contributed by atoms with Gasteiger partial charge in [-0.05, 0) is 73.5 Å². The van der Waals surface area contributed by atoms with Crippen LogP contribution in [0.3, 0.4) is 0 Å². The van der Waals surface area contributed by atoms with Crippen LogP contribution in [0.4, 0.5) is 13.2 Å². The molecule has 0 unspecified atom stereocenters. The lowest BCUT2D eigenvalue weighted by Crippen LogP contribution is -2.44. The molecule has 0 spiro atoms. The first-order valence-electron chi connectivity index (χ1n) is 13.2. The van der Waals surface area contributed by atoms with Crippen LogP contribution in [0.2, 0.25) is 0 Å². The predicted molar refractivity (Wildman–Crippen MR) is 144 cm³/mol. The summed E-state index contributed by atoms with van der Waals surface area (Å²) < 4.78 is 97.2. The Bertz CT molecular complexity index is 1580. The second kappa shape index (κ2) is 11.1. The summed E-state index contributed by atoms with van der Waals surface area (Å²) in [5.74, 6) is 0.178. The Hall–Kier alpha value is -2.45. The van der Waals surface area contributed by atoms with Crippen molar-refractivity contribution in [3.8, 4) is 0 Å². The summed E-state index contributed by atoms with van der Waals surface area (Å²) in [6.07, 6.45) is 4.27. The van der Waals surface area contributed by atoms with E-state index in [2.05, 4.69) is 11.0 Å². The molecule has 8 nitrogen and oxygen atoms in total. The maximum Gasteiger partial charge on any atom is 0.511 e. The van der Waals surface area contributed by atoms with E-state index in [4.69, 9.17) is 4.42 Å². The van der Waals surface area contributed by atoms with Crippen LogP contribution in [0.5, 0.6) is 0 Å². The van der Waals surface area contributed by atoms with E-state index in [1.807, 2.05) is 24.5 Å². The molecule has 5 rings (SSSR count). The van der Waals surface area contributed by atoms with Crippen LogP contribution in [0.15, 0.2) is 58.0 Å². The average Bonchev–Trinajstić information content (AvgIpc) is 3.34. The van der Waals surface area contributed by atoms with Gasteiger partial charge < -0.3 is 9.32 Å². The van der Waals surface area contributed by atoms with Gasteiger partial charge in [-0.3, -0.25) is 0 Å². The summed E-state index contributed by atoms with van der Waals surface area (Å²) in [5, 5.41) is 1.13. The molecular weight excluding hydrogens is 567 g/mol. The maximum absolute atomic E-state index is 13.5. The second-order valence-electron chi connectivity index (χ2n) is 10.5. The Balaban J connectivity index is 1.19. The van der Waals surface area contributed by atoms with E-state index in [1.165, 1.54) is 35.1 Å². The zero-order valence-corrected chi connectivity index (χ0v) is 23.7. The van der Waals surface area contributed by atoms with E-state index >= 15 is 0 Å². The fourth-order valence-electron chi connectivity index (χ4n) is 5.67. The molecule has 1 aromatic heterocycles. The van der Waals surface area contributed by atoms with Gasteiger partial charge in [-0.2, -0.15) is 17.5 Å². The molecule has 0 amide bonds. The van der Waals surface area contributed by atoms with Gasteiger partial charge in [0.25, 0.3) is 0 Å². The van der Waals surface area contributed by atoms with Crippen molar-refractivity contribution in [3.05, 3.63) is 65.4 Å². The molecular formula is C27H32F3N3O5S2. The molecule has 0 atom stereocenters. The number of rotatable bonds is 8. The van der Waals surface area contributed by atoms with E-state index in [1.54, 1.807) is 0 Å². The first kappa shape index (κ1) is 29.1. The molecule has 2 aliphatic rings. The highest BCUT2D eigenvalue weighted by atomic mass is 32.2. The first-order chi connectivity index (χ1) is 18.9. The lowest BCUT2D eigenvalue weighted by molar-refractivity contribution is -0.0492. The van der Waals surface area contributed by atoms with Gasteiger partial charge >= 0.3 is 15.5 Å². The Morgan fingerprint density at radius 1 is 1.00 bits per heavy atom. The fraction of sp³-hybridized carbons (Fsp3) is 0.481. The highest BCUT2D eigenvalue weighted by Crippen LogP contribution is 2.34. The lowest BCUT2D eigenvalue weighted by atomic mass is 9.96. The molecule has 2 aliphatic heterocycles. The van der Waals surface area contributed by atoms with Gasteiger partial charge in [0.1, 0.15) is 5.58 Å². The van der Waals surface area contributed by atoms with Crippen LogP contribution in [-0.4, -0.2) is 75.6 Å². The molecule has 0 bridgehead atoms. The molecule has 0 saturated carbocycles. The highest BCUT2D eigenvalue weighted by Gasteiger charge is 2.50. The van der Waals surface area contributed by atoms with Crippen molar-refractivity contribution < 1.29 is 34.4 Å². The topological polar surface area (TPSA) is 91.1 Å². The Labute approximate surface area is 232 Å². The summed E-state index contributed by atoms with van der Waals surface area (Å²) >= 11 is 0. The van der Waals surface area contributed by atoms with Crippen molar-refractivity contribution in [1.29, 1.82) is 0 Å². The van der Waals surface area contributed by atoms with Gasteiger partial charge in [-0.1, -0.05) is 30.3 Å². The van der Waals surface area contributed by atoms with E-state index in [0.717, 1.165) is 49.9 Å². The van der Waals surface area contributed by atoms with Crippen LogP contribution in [0.1, 0.15) is 29.5 Å². The summed E-state index contributed by atoms with van der Waals surface area (Å²) in [7, 11) is -7.89. The van der Waals surface area contributed by atoms with Crippen LogP contribution in [0.25, 0.3) is 11.0 Å². The first-order valence-corrected chi connectivity index (χ1v) is 16.1. The summed E-state index contributed by atoms with van der Waals surface area (Å²) in [5.41, 5.74) is -2.70. The van der Waals surface area contributed by atoms with Crippen LogP contribution < -0.4 is 0 Å². The van der Waals surface area contributed by atoms with Gasteiger partial charge in [-0.25, -0.2) is 21.1 Å². The third-order valence-corrected chi connectivity index (χ3v) is 11.5. The van der Waals surface area contributed by atoms with Crippen molar-refractivity contribution in [2.75, 3.05) is 39.8 Å². The number of likely N-dealkylation sites (tertiary alicyclic amines) is 1. The number of nitrogens with zero attached hydrogens (tertiary/aromatic N) is 3. The van der Waals surface area contributed by atoms with Gasteiger partial charge in [0.05, 0.1) is 11.2 Å². The van der Waals surface area contributed by atoms with Crippen LogP contribution in [0, 0.1) is 5.92 Å². The quantitative estimate of drug-likeness (QED) is 0.385. The maximum atomic E-state index is 13.5. The SMILES string of the molecule is CN(CC1CCN(CCc2coc3ccccc23)CC1)S(=O)(=O)c1cccc2c1CCN(S(=O)(=O)C(F)(F)F)C2. The molecule has 1 saturated heterocycles. The van der Waals surface area contributed by atoms with Crippen molar-refractivity contribution in [3.63, 3.8) is 0 Å². The molecule has 3 aromatic rings. The third kappa shape index (κ3) is 5.67. The second-order valence-corrected chi connectivity index (χ2v) is 14.4. The largest absolute Gasteiger partial charge is 0.511 e. The number of sulfonamides is 2. The van der Waals surface area contributed by atoms with Gasteiger partial charge in [0, 0.05) is 38.6 Å². The predicted octanol–water partition coefficient (Wildman–Crippen LogP) is 4.22. The molecule has 1 fully saturated rings. The summed E-state index contributed by atoms with van der Waals surface area (Å²) in [6, 6.07) is 12.3. The smallest absolute Gasteiger partial charge is 0.464 e. The minimum Gasteiger partial charge on any atom is -0.464 e. The van der Waals surface area contributed by atoms with Gasteiger partial charge in [0.15, 0.2) is 0 Å². The third-order valence-electron chi connectivity index (χ3n) is 7.99. The number of piperidine rings is 1. The Morgan fingerprint density at radius 2 is 1.73 bits per heavy atom. The molecule has 40 heavy (non-hydrogen) atoms. The molecule has 0 N–H and O–H groups in total. The van der Waals surface area contributed by atoms with Gasteiger partial charge in [0.2, 0.25) is 10.0 Å². The lowest BCUT2D eigenvalue weighted by Gasteiger charge is -2.34. The zero-order chi connectivity index (χ0) is 28.7. The Morgan fingerprint density at radius 3 is 2.45 bits per heavy atom. The number of para-hydroxylation sites is 1. The number of hydrogen-bond donors (Lipinski definition) is 0. The zero-order valence-electron chi connectivity index (χ0n) is 22.1. The molecule has 0 aliphatic carbocycles. The normalized spacial score (nSPS) is 18.4. The highest BCUT2D eigenvalue weighted by molar-refractivity contribution is 7.90. The standard InChI is InChI=1S/C27H32F3N3O5S2/c1-31(17-20-9-13-32(14-10-20)15-11-22-19-38-25-7-3-2-6-23(22)25)39(34,35)26-8-4-5-21-18-33(16-12-24(21)26)40(36,37)27(28,29)30/h2-8,19-20H,9-18H2,1H3. The van der Waals surface area contributed by atoms with Gasteiger partial charge in [-0.15, -0.1) is 0 Å². The molecule has 2 aromatic carbocycles. The van der Waals surface area contributed by atoms with E-state index in [9.17, 15) is 30.0 Å². The molecule has 13 heteroatoms. The number of hydrogen-bond acceptors (Lipinski definition) is 6. The average molecular weight is 600 g/mol. The summed E-state index contributed by atoms with van der Waals surface area (Å²) in [6.45, 7) is 2.00. The monoisotopic (exact) mass is 599 g/mol. The van der Waals surface area contributed by atoms with E-state index < -0.39 is 38.6 Å². The number of alkyl halides is 3. The number of fused-ring (bicyclic) bond motifs is 2. The molecule has 3 heterocycles. The van der Waals surface area contributed by atoms with Crippen molar-refractivity contribution in [2.24, 2.45) is 5.92 Å². The molecule has 0 radical (unpaired) electrons. The van der Waals surface area contributed by atoms with E-state index in [0.29, 0.717) is 16.4 Å².